The molecule has 0 radical (unpaired) electrons. The number of thioether (sulfide) groups is 1. The van der Waals surface area contributed by atoms with Gasteiger partial charge in [0.1, 0.15) is 11.1 Å². The van der Waals surface area contributed by atoms with E-state index >= 15 is 0 Å². The third-order valence-corrected chi connectivity index (χ3v) is 4.76. The maximum atomic E-state index is 14.1. The van der Waals surface area contributed by atoms with Crippen molar-refractivity contribution in [1.29, 1.82) is 0 Å². The average Bonchev–Trinajstić information content (AvgIpc) is 2.54. The van der Waals surface area contributed by atoms with Crippen LogP contribution in [0.5, 0.6) is 0 Å². The van der Waals surface area contributed by atoms with E-state index < -0.39 is 62.3 Å². The Kier molecular flexibility index (Phi) is 5.58. The third kappa shape index (κ3) is 3.57. The predicted molar refractivity (Wildman–Crippen MR) is 79.6 cm³/mol. The molecule has 2 rings (SSSR count). The minimum atomic E-state index is -2.07. The Morgan fingerprint density at radius 3 is 2.16 bits per heavy atom. The number of carboxylic acid groups (broad SMARTS) is 1. The number of benzene rings is 2. The van der Waals surface area contributed by atoms with Gasteiger partial charge in [0.05, 0.1) is 10.6 Å². The van der Waals surface area contributed by atoms with Crippen LogP contribution in [0.1, 0.15) is 6.92 Å². The number of carbonyl (C=O) groups is 1. The van der Waals surface area contributed by atoms with E-state index in [1.807, 2.05) is 0 Å². The normalized spacial score (nSPS) is 12.3. The van der Waals surface area contributed by atoms with Crippen LogP contribution in [-0.2, 0) is 4.79 Å². The first kappa shape index (κ1) is 19.5. The number of aliphatic carboxylic acids is 1. The van der Waals surface area contributed by atoms with Crippen molar-refractivity contribution in [3.05, 3.63) is 52.1 Å². The van der Waals surface area contributed by atoms with E-state index in [4.69, 9.17) is 16.7 Å². The Balaban J connectivity index is 2.74. The molecule has 0 saturated carbocycles. The molecule has 0 bridgehead atoms. The maximum Gasteiger partial charge on any atom is 0.316 e. The third-order valence-electron chi connectivity index (χ3n) is 3.15. The minimum absolute atomic E-state index is 0.0214. The summed E-state index contributed by atoms with van der Waals surface area (Å²) in [5, 5.41) is 6.90. The second-order valence-electron chi connectivity index (χ2n) is 4.81. The molecule has 0 aliphatic heterocycles. The smallest absolute Gasteiger partial charge is 0.316 e. The highest BCUT2D eigenvalue weighted by atomic mass is 35.5. The van der Waals surface area contributed by atoms with Gasteiger partial charge in [-0.05, 0) is 13.0 Å². The van der Waals surface area contributed by atoms with E-state index in [1.54, 1.807) is 0 Å². The van der Waals surface area contributed by atoms with Crippen LogP contribution in [0.3, 0.4) is 0 Å². The molecule has 10 heteroatoms. The highest BCUT2D eigenvalue weighted by Crippen LogP contribution is 2.40. The van der Waals surface area contributed by atoms with E-state index in [9.17, 15) is 31.1 Å². The van der Waals surface area contributed by atoms with Crippen molar-refractivity contribution in [1.82, 2.24) is 0 Å². The topological polar surface area (TPSA) is 37.3 Å². The van der Waals surface area contributed by atoms with Gasteiger partial charge in [-0.25, -0.2) is 26.3 Å². The fraction of sp³-hybridized carbons (Fsp3) is 0.133. The molecule has 134 valence electrons. The van der Waals surface area contributed by atoms with Gasteiger partial charge >= 0.3 is 5.97 Å². The van der Waals surface area contributed by atoms with Gasteiger partial charge in [-0.1, -0.05) is 11.6 Å². The zero-order chi connectivity index (χ0) is 19.0. The van der Waals surface area contributed by atoms with Crippen molar-refractivity contribution < 1.29 is 36.2 Å². The molecule has 0 spiro atoms. The Morgan fingerprint density at radius 2 is 1.60 bits per heavy atom. The molecular weight excluding hydrogens is 394 g/mol. The molecule has 2 aromatic carbocycles. The summed E-state index contributed by atoms with van der Waals surface area (Å²) in [4.78, 5) is 10.5. The Bertz CT molecular complexity index is 874. The Labute approximate surface area is 146 Å². The second kappa shape index (κ2) is 7.17. The van der Waals surface area contributed by atoms with Crippen molar-refractivity contribution in [2.24, 2.45) is 0 Å². The number of hydrogen-bond donors (Lipinski definition) is 1. The molecule has 25 heavy (non-hydrogen) atoms. The molecule has 0 saturated heterocycles. The van der Waals surface area contributed by atoms with Crippen LogP contribution in [0, 0.1) is 34.9 Å². The van der Waals surface area contributed by atoms with E-state index in [-0.39, 0.29) is 11.0 Å². The van der Waals surface area contributed by atoms with Crippen LogP contribution in [0.25, 0.3) is 11.1 Å². The van der Waals surface area contributed by atoms with E-state index in [1.165, 1.54) is 6.92 Å². The van der Waals surface area contributed by atoms with E-state index in [0.29, 0.717) is 17.8 Å². The highest BCUT2D eigenvalue weighted by Gasteiger charge is 2.27. The molecular formula is C15H7ClF6O2S. The van der Waals surface area contributed by atoms with Gasteiger partial charge < -0.3 is 5.11 Å². The number of carboxylic acids is 1. The van der Waals surface area contributed by atoms with Crippen molar-refractivity contribution >= 4 is 29.3 Å². The average molecular weight is 401 g/mol. The fourth-order valence-corrected chi connectivity index (χ4v) is 3.03. The predicted octanol–water partition coefficient (Wildman–Crippen LogP) is 5.41. The summed E-state index contributed by atoms with van der Waals surface area (Å²) in [6, 6.07) is 0.649. The van der Waals surface area contributed by atoms with Crippen LogP contribution in [0.2, 0.25) is 5.02 Å². The molecule has 0 aliphatic rings. The zero-order valence-electron chi connectivity index (χ0n) is 12.1. The van der Waals surface area contributed by atoms with Gasteiger partial charge in [-0.2, -0.15) is 0 Å². The summed E-state index contributed by atoms with van der Waals surface area (Å²) < 4.78 is 82.1. The van der Waals surface area contributed by atoms with Crippen LogP contribution >= 0.6 is 23.4 Å². The molecule has 1 unspecified atom stereocenters. The van der Waals surface area contributed by atoms with Gasteiger partial charge in [0.15, 0.2) is 29.1 Å². The lowest BCUT2D eigenvalue weighted by Crippen LogP contribution is -2.11. The fourth-order valence-electron chi connectivity index (χ4n) is 1.90. The molecule has 0 fully saturated rings. The van der Waals surface area contributed by atoms with Gasteiger partial charge in [0.25, 0.3) is 0 Å². The molecule has 0 amide bonds. The molecule has 0 aliphatic carbocycles. The standard InChI is InChI=1S/C15H7ClF6O2S/c1-4(15(23)24)25-8-2-5(11(19)14(22)10(8)16)9-6(17)3-7(18)12(20)13(9)21/h2-4H,1H3,(H,23,24). The van der Waals surface area contributed by atoms with Crippen molar-refractivity contribution in [2.45, 2.75) is 17.1 Å². The summed E-state index contributed by atoms with van der Waals surface area (Å²) in [6.07, 6.45) is 0. The molecule has 1 atom stereocenters. The maximum absolute atomic E-state index is 14.1. The molecule has 0 heterocycles. The van der Waals surface area contributed by atoms with Crippen molar-refractivity contribution in [3.8, 4) is 11.1 Å². The summed E-state index contributed by atoms with van der Waals surface area (Å²) >= 11 is 6.07. The molecule has 0 aromatic heterocycles. The van der Waals surface area contributed by atoms with Crippen LogP contribution in [-0.4, -0.2) is 16.3 Å². The number of hydrogen-bond acceptors (Lipinski definition) is 2. The Hall–Kier alpha value is -1.87. The number of rotatable bonds is 4. The summed E-state index contributed by atoms with van der Waals surface area (Å²) in [5.41, 5.74) is -2.40. The Morgan fingerprint density at radius 1 is 1.00 bits per heavy atom. The zero-order valence-corrected chi connectivity index (χ0v) is 13.7. The molecule has 2 nitrogen and oxygen atoms in total. The van der Waals surface area contributed by atoms with Gasteiger partial charge in [-0.3, -0.25) is 4.79 Å². The SMILES string of the molecule is CC(Sc1cc(-c2c(F)cc(F)c(F)c2F)c(F)c(F)c1Cl)C(=O)O. The quantitative estimate of drug-likeness (QED) is 0.323. The lowest BCUT2D eigenvalue weighted by Gasteiger charge is -2.14. The minimum Gasteiger partial charge on any atom is -0.480 e. The summed E-state index contributed by atoms with van der Waals surface area (Å²) in [6.45, 7) is 1.21. The van der Waals surface area contributed by atoms with Crippen LogP contribution < -0.4 is 0 Å². The lowest BCUT2D eigenvalue weighted by atomic mass is 10.0. The van der Waals surface area contributed by atoms with E-state index in [2.05, 4.69) is 0 Å². The lowest BCUT2D eigenvalue weighted by molar-refractivity contribution is -0.136. The largest absolute Gasteiger partial charge is 0.480 e. The van der Waals surface area contributed by atoms with Gasteiger partial charge in [-0.15, -0.1) is 11.8 Å². The first-order valence-corrected chi connectivity index (χ1v) is 7.72. The first-order valence-electron chi connectivity index (χ1n) is 6.46. The monoisotopic (exact) mass is 400 g/mol. The van der Waals surface area contributed by atoms with Crippen LogP contribution in [0.15, 0.2) is 17.0 Å². The first-order chi connectivity index (χ1) is 11.6. The van der Waals surface area contributed by atoms with E-state index in [0.717, 1.165) is 0 Å². The molecule has 1 N–H and O–H groups in total. The van der Waals surface area contributed by atoms with Gasteiger partial charge in [0, 0.05) is 16.5 Å². The van der Waals surface area contributed by atoms with Crippen molar-refractivity contribution in [2.75, 3.05) is 0 Å². The summed E-state index contributed by atoms with van der Waals surface area (Å²) in [5.74, 6) is -12.4. The van der Waals surface area contributed by atoms with Gasteiger partial charge in [0.2, 0.25) is 0 Å². The molecule has 2 aromatic rings. The van der Waals surface area contributed by atoms with Crippen molar-refractivity contribution in [3.63, 3.8) is 0 Å². The number of halogens is 7. The second-order valence-corrected chi connectivity index (χ2v) is 6.57. The highest BCUT2D eigenvalue weighted by molar-refractivity contribution is 8.00. The summed E-state index contributed by atoms with van der Waals surface area (Å²) in [7, 11) is 0. The van der Waals surface area contributed by atoms with Crippen LogP contribution in [0.4, 0.5) is 26.3 Å².